The minimum atomic E-state index is -0.494. The molecule has 1 saturated heterocycles. The molecule has 1 aromatic carbocycles. The van der Waals surface area contributed by atoms with Crippen molar-refractivity contribution in [2.24, 2.45) is 23.2 Å². The average Bonchev–Trinajstić information content (AvgIpc) is 3.05. The summed E-state index contributed by atoms with van der Waals surface area (Å²) in [6.45, 7) is 10.2. The average molecular weight is 458 g/mol. The van der Waals surface area contributed by atoms with Crippen molar-refractivity contribution in [2.45, 2.75) is 64.7 Å². The molecule has 33 heavy (non-hydrogen) atoms. The fourth-order valence-electron chi connectivity index (χ4n) is 6.56. The third-order valence-corrected chi connectivity index (χ3v) is 8.15. The Morgan fingerprint density at radius 3 is 2.76 bits per heavy atom. The monoisotopic (exact) mass is 457 g/mol. The number of aliphatic hydroxyl groups excluding tert-OH is 1. The van der Waals surface area contributed by atoms with Gasteiger partial charge in [-0.15, -0.1) is 0 Å². The third kappa shape index (κ3) is 4.92. The summed E-state index contributed by atoms with van der Waals surface area (Å²) in [5.74, 6) is 1.79. The zero-order valence-corrected chi connectivity index (χ0v) is 20.5. The normalized spacial score (nSPS) is 32.2. The van der Waals surface area contributed by atoms with Gasteiger partial charge in [0, 0.05) is 25.6 Å². The Hall–Kier alpha value is -2.05. The van der Waals surface area contributed by atoms with E-state index in [-0.39, 0.29) is 29.3 Å². The molecule has 1 N–H and O–H groups in total. The molecule has 0 radical (unpaired) electrons. The first-order chi connectivity index (χ1) is 15.7. The van der Waals surface area contributed by atoms with E-state index in [2.05, 4.69) is 18.4 Å². The first-order valence-corrected chi connectivity index (χ1v) is 12.2. The van der Waals surface area contributed by atoms with Gasteiger partial charge in [-0.05, 0) is 68.1 Å². The summed E-state index contributed by atoms with van der Waals surface area (Å²) in [7, 11) is 3.25. The maximum Gasteiger partial charge on any atom is 0.310 e. The molecule has 0 aromatic heterocycles. The Kier molecular flexibility index (Phi) is 7.06. The molecular weight excluding hydrogens is 418 g/mol. The van der Waals surface area contributed by atoms with Crippen molar-refractivity contribution >= 4 is 5.97 Å². The van der Waals surface area contributed by atoms with Crippen LogP contribution >= 0.6 is 0 Å². The van der Waals surface area contributed by atoms with Crippen molar-refractivity contribution < 1.29 is 24.1 Å². The van der Waals surface area contributed by atoms with Crippen LogP contribution in [0.2, 0.25) is 0 Å². The van der Waals surface area contributed by atoms with E-state index in [0.29, 0.717) is 37.1 Å². The molecule has 1 aliphatic heterocycles. The van der Waals surface area contributed by atoms with Gasteiger partial charge in [0.2, 0.25) is 0 Å². The number of hydrogen-bond acceptors (Lipinski definition) is 6. The van der Waals surface area contributed by atoms with Crippen LogP contribution in [0, 0.1) is 23.2 Å². The third-order valence-electron chi connectivity index (χ3n) is 8.15. The van der Waals surface area contributed by atoms with Crippen LogP contribution in [-0.4, -0.2) is 55.5 Å². The molecule has 1 aromatic rings. The highest BCUT2D eigenvalue weighted by molar-refractivity contribution is 5.75. The molecular formula is C27H39NO5. The van der Waals surface area contributed by atoms with Crippen molar-refractivity contribution in [3.8, 4) is 11.5 Å². The number of rotatable bonds is 8. The second kappa shape index (κ2) is 9.67. The summed E-state index contributed by atoms with van der Waals surface area (Å²) in [5.41, 5.74) is 2.60. The maximum absolute atomic E-state index is 13.0. The van der Waals surface area contributed by atoms with Gasteiger partial charge < -0.3 is 19.3 Å². The molecule has 1 heterocycles. The molecule has 2 saturated carbocycles. The number of carbonyl (C=O) groups excluding carboxylic acids is 1. The number of benzene rings is 1. The van der Waals surface area contributed by atoms with Crippen LogP contribution in [0.1, 0.15) is 51.5 Å². The van der Waals surface area contributed by atoms with E-state index < -0.39 is 6.10 Å². The van der Waals surface area contributed by atoms with Crippen molar-refractivity contribution in [2.75, 3.05) is 27.3 Å². The molecule has 0 amide bonds. The highest BCUT2D eigenvalue weighted by atomic mass is 16.6. The lowest BCUT2D eigenvalue weighted by Gasteiger charge is -2.50. The van der Waals surface area contributed by atoms with Crippen molar-refractivity contribution in [3.63, 3.8) is 0 Å². The molecule has 6 atom stereocenters. The van der Waals surface area contributed by atoms with E-state index in [1.54, 1.807) is 21.1 Å². The smallest absolute Gasteiger partial charge is 0.310 e. The number of carbonyl (C=O) groups is 1. The van der Waals surface area contributed by atoms with Gasteiger partial charge >= 0.3 is 5.97 Å². The van der Waals surface area contributed by atoms with E-state index in [1.165, 1.54) is 18.4 Å². The molecule has 182 valence electrons. The van der Waals surface area contributed by atoms with Crippen LogP contribution in [0.5, 0.6) is 11.5 Å². The summed E-state index contributed by atoms with van der Waals surface area (Å²) >= 11 is 0. The molecule has 3 aliphatic rings. The van der Waals surface area contributed by atoms with Crippen LogP contribution in [0.25, 0.3) is 0 Å². The van der Waals surface area contributed by atoms with Gasteiger partial charge in [0.05, 0.1) is 26.2 Å². The van der Waals surface area contributed by atoms with Crippen LogP contribution in [0.3, 0.4) is 0 Å². The molecule has 0 unspecified atom stereocenters. The summed E-state index contributed by atoms with van der Waals surface area (Å²) in [6.07, 6.45) is 4.91. The maximum atomic E-state index is 13.0. The first kappa shape index (κ1) is 24.1. The van der Waals surface area contributed by atoms with Crippen LogP contribution in [0.4, 0.5) is 0 Å². The molecule has 6 nitrogen and oxygen atoms in total. The number of fused-ring (bicyclic) bond motifs is 2. The van der Waals surface area contributed by atoms with Gasteiger partial charge in [-0.2, -0.15) is 0 Å². The fraction of sp³-hybridized carbons (Fsp3) is 0.667. The van der Waals surface area contributed by atoms with Crippen molar-refractivity contribution in [1.82, 2.24) is 4.90 Å². The standard InChI is InChI=1S/C27H39NO5/c1-17-7-6-10-27(3)13-25-20(12-22(17)27)21(26(30)33-25)16-28(14-18(2)29)15-19-8-9-23(31-4)24(11-19)32-5/h8-9,11,18,20-22,25,29H,1,6-7,10,12-16H2,2-5H3/t18-,20+,21+,22-,25+,27+/m0/s1. The van der Waals surface area contributed by atoms with E-state index in [4.69, 9.17) is 14.2 Å². The fourth-order valence-corrected chi connectivity index (χ4v) is 6.56. The molecule has 0 spiro atoms. The second-order valence-electron chi connectivity index (χ2n) is 10.6. The first-order valence-electron chi connectivity index (χ1n) is 12.2. The van der Waals surface area contributed by atoms with E-state index >= 15 is 0 Å². The SMILES string of the molecule is C=C1CCC[C@]2(C)C[C@H]3OC(=O)[C@H](CN(Cc4ccc(OC)c(OC)c4)C[C@H](C)O)[C@H]3C[C@@H]12. The Morgan fingerprint density at radius 1 is 1.30 bits per heavy atom. The van der Waals surface area contributed by atoms with Crippen molar-refractivity contribution in [1.29, 1.82) is 0 Å². The lowest BCUT2D eigenvalue weighted by molar-refractivity contribution is -0.146. The van der Waals surface area contributed by atoms with Crippen LogP contribution < -0.4 is 9.47 Å². The highest BCUT2D eigenvalue weighted by Gasteiger charge is 2.55. The predicted molar refractivity (Wildman–Crippen MR) is 127 cm³/mol. The molecule has 4 rings (SSSR count). The van der Waals surface area contributed by atoms with Crippen LogP contribution in [-0.2, 0) is 16.1 Å². The Morgan fingerprint density at radius 2 is 2.06 bits per heavy atom. The van der Waals surface area contributed by atoms with Gasteiger partial charge in [0.1, 0.15) is 6.10 Å². The minimum absolute atomic E-state index is 0.00382. The molecule has 3 fully saturated rings. The quantitative estimate of drug-likeness (QED) is 0.466. The lowest BCUT2D eigenvalue weighted by atomic mass is 9.55. The number of methoxy groups -OCH3 is 2. The minimum Gasteiger partial charge on any atom is -0.493 e. The Balaban J connectivity index is 1.51. The van der Waals surface area contributed by atoms with Gasteiger partial charge in [-0.25, -0.2) is 0 Å². The van der Waals surface area contributed by atoms with E-state index in [9.17, 15) is 9.90 Å². The Labute approximate surface area is 197 Å². The number of allylic oxidation sites excluding steroid dienone is 1. The van der Waals surface area contributed by atoms with Gasteiger partial charge in [-0.3, -0.25) is 9.69 Å². The number of aliphatic hydroxyl groups is 1. The zero-order chi connectivity index (χ0) is 23.8. The van der Waals surface area contributed by atoms with E-state index in [1.807, 2.05) is 18.2 Å². The number of nitrogens with zero attached hydrogens (tertiary/aromatic N) is 1. The summed E-state index contributed by atoms with van der Waals surface area (Å²) < 4.78 is 16.8. The summed E-state index contributed by atoms with van der Waals surface area (Å²) in [6, 6.07) is 5.86. The molecule has 6 heteroatoms. The van der Waals surface area contributed by atoms with Gasteiger partial charge in [0.15, 0.2) is 11.5 Å². The number of esters is 1. The highest BCUT2D eigenvalue weighted by Crippen LogP contribution is 2.57. The lowest BCUT2D eigenvalue weighted by Crippen LogP contribution is -2.46. The zero-order valence-electron chi connectivity index (χ0n) is 20.5. The summed E-state index contributed by atoms with van der Waals surface area (Å²) in [5, 5.41) is 10.2. The van der Waals surface area contributed by atoms with E-state index in [0.717, 1.165) is 24.8 Å². The topological polar surface area (TPSA) is 68.2 Å². The molecule has 2 aliphatic carbocycles. The number of ether oxygens (including phenoxy) is 3. The van der Waals surface area contributed by atoms with Crippen LogP contribution in [0.15, 0.2) is 30.4 Å². The largest absolute Gasteiger partial charge is 0.493 e. The van der Waals surface area contributed by atoms with Gasteiger partial charge in [-0.1, -0.05) is 25.1 Å². The van der Waals surface area contributed by atoms with Gasteiger partial charge in [0.25, 0.3) is 0 Å². The molecule has 0 bridgehead atoms. The Bertz CT molecular complexity index is 883. The van der Waals surface area contributed by atoms with Crippen molar-refractivity contribution in [3.05, 3.63) is 35.9 Å². The second-order valence-corrected chi connectivity index (χ2v) is 10.6. The summed E-state index contributed by atoms with van der Waals surface area (Å²) in [4.78, 5) is 15.2. The predicted octanol–water partition coefficient (Wildman–Crippen LogP) is 4.20. The number of hydrogen-bond donors (Lipinski definition) is 1.